The Balaban J connectivity index is 1.83. The van der Waals surface area contributed by atoms with Gasteiger partial charge in [-0.15, -0.1) is 0 Å². The van der Waals surface area contributed by atoms with Crippen molar-refractivity contribution >= 4 is 34.4 Å². The van der Waals surface area contributed by atoms with Crippen LogP contribution in [0.3, 0.4) is 0 Å². The molecule has 1 fully saturated rings. The topological polar surface area (TPSA) is 117 Å². The lowest BCUT2D eigenvalue weighted by molar-refractivity contribution is -0.165. The molecule has 1 aliphatic carbocycles. The van der Waals surface area contributed by atoms with Crippen LogP contribution >= 0.6 is 11.6 Å². The van der Waals surface area contributed by atoms with Crippen LogP contribution in [0.5, 0.6) is 0 Å². The standard InChI is InChI=1S/C21H28ClN3O4/c1-20(2,3)29-19(28)21(23)10-12(11-26)4-7-17(21)25-18(27)16-9-13-8-14(22)5-6-15(13)24-16/h5-6,8-9,12,17,24,26H,4,7,10-11,23H2,1-3H3,(H,25,27). The molecule has 0 aliphatic heterocycles. The lowest BCUT2D eigenvalue weighted by atomic mass is 9.72. The van der Waals surface area contributed by atoms with E-state index in [-0.39, 0.29) is 24.9 Å². The Morgan fingerprint density at radius 1 is 1.34 bits per heavy atom. The summed E-state index contributed by atoms with van der Waals surface area (Å²) in [5, 5.41) is 13.9. The number of carbonyl (C=O) groups is 2. The zero-order chi connectivity index (χ0) is 21.4. The van der Waals surface area contributed by atoms with E-state index in [4.69, 9.17) is 22.1 Å². The summed E-state index contributed by atoms with van der Waals surface area (Å²) in [5.74, 6) is -1.05. The molecule has 3 atom stereocenters. The number of aliphatic hydroxyl groups excluding tert-OH is 1. The van der Waals surface area contributed by atoms with E-state index in [2.05, 4.69) is 10.3 Å². The van der Waals surface area contributed by atoms with Crippen molar-refractivity contribution in [3.05, 3.63) is 35.0 Å². The Kier molecular flexibility index (Phi) is 5.94. The van der Waals surface area contributed by atoms with Crippen LogP contribution in [0.1, 0.15) is 50.5 Å². The minimum absolute atomic E-state index is 0.0643. The minimum atomic E-state index is -1.41. The van der Waals surface area contributed by atoms with Crippen LogP contribution in [-0.2, 0) is 9.53 Å². The number of aromatic nitrogens is 1. The van der Waals surface area contributed by atoms with Crippen molar-refractivity contribution in [3.8, 4) is 0 Å². The Labute approximate surface area is 174 Å². The maximum Gasteiger partial charge on any atom is 0.328 e. The second kappa shape index (κ2) is 7.97. The van der Waals surface area contributed by atoms with Gasteiger partial charge in [0.1, 0.15) is 16.8 Å². The highest BCUT2D eigenvalue weighted by Crippen LogP contribution is 2.33. The molecule has 1 aliphatic rings. The molecule has 1 heterocycles. The average Bonchev–Trinajstić information content (AvgIpc) is 3.05. The molecule has 5 N–H and O–H groups in total. The van der Waals surface area contributed by atoms with Gasteiger partial charge in [-0.3, -0.25) is 4.79 Å². The second-order valence-electron chi connectivity index (χ2n) is 8.81. The molecule has 0 spiro atoms. The van der Waals surface area contributed by atoms with Gasteiger partial charge in [-0.25, -0.2) is 4.79 Å². The zero-order valence-electron chi connectivity index (χ0n) is 16.9. The first-order chi connectivity index (χ1) is 13.5. The molecule has 1 saturated carbocycles. The number of ether oxygens (including phenoxy) is 1. The molecular formula is C21H28ClN3O4. The van der Waals surface area contributed by atoms with Gasteiger partial charge in [-0.1, -0.05) is 11.6 Å². The smallest absolute Gasteiger partial charge is 0.328 e. The number of aliphatic hydroxyl groups is 1. The van der Waals surface area contributed by atoms with Crippen LogP contribution < -0.4 is 11.1 Å². The third-order valence-electron chi connectivity index (χ3n) is 5.28. The largest absolute Gasteiger partial charge is 0.459 e. The monoisotopic (exact) mass is 421 g/mol. The lowest BCUT2D eigenvalue weighted by Gasteiger charge is -2.43. The number of aromatic amines is 1. The van der Waals surface area contributed by atoms with Gasteiger partial charge in [-0.2, -0.15) is 0 Å². The molecule has 8 heteroatoms. The summed E-state index contributed by atoms with van der Waals surface area (Å²) in [6.45, 7) is 5.24. The SMILES string of the molecule is CC(C)(C)OC(=O)C1(N)CC(CO)CCC1NC(=O)c1cc2cc(Cl)ccc2[nH]1. The number of rotatable bonds is 4. The highest BCUT2D eigenvalue weighted by Gasteiger charge is 2.49. The maximum absolute atomic E-state index is 12.9. The van der Waals surface area contributed by atoms with Crippen LogP contribution in [0.4, 0.5) is 0 Å². The molecule has 1 aromatic heterocycles. The minimum Gasteiger partial charge on any atom is -0.459 e. The quantitative estimate of drug-likeness (QED) is 0.566. The van der Waals surface area contributed by atoms with Crippen LogP contribution in [0, 0.1) is 5.92 Å². The van der Waals surface area contributed by atoms with Gasteiger partial charge in [0.25, 0.3) is 5.91 Å². The van der Waals surface area contributed by atoms with Gasteiger partial charge in [0, 0.05) is 22.5 Å². The van der Waals surface area contributed by atoms with Crippen LogP contribution in [0.2, 0.25) is 5.02 Å². The summed E-state index contributed by atoms with van der Waals surface area (Å²) >= 11 is 6.01. The number of nitrogens with one attached hydrogen (secondary N) is 2. The molecule has 3 unspecified atom stereocenters. The number of carbonyl (C=O) groups excluding carboxylic acids is 2. The molecule has 2 aromatic rings. The molecule has 29 heavy (non-hydrogen) atoms. The molecule has 1 aromatic carbocycles. The molecule has 0 radical (unpaired) electrons. The number of amides is 1. The lowest BCUT2D eigenvalue weighted by Crippen LogP contribution is -2.67. The molecule has 158 valence electrons. The summed E-state index contributed by atoms with van der Waals surface area (Å²) in [6.07, 6.45) is 1.37. The fourth-order valence-corrected chi connectivity index (χ4v) is 3.98. The normalized spacial score (nSPS) is 25.0. The van der Waals surface area contributed by atoms with Crippen LogP contribution in [-0.4, -0.2) is 45.8 Å². The number of nitrogens with two attached hydrogens (primary N) is 1. The summed E-state index contributed by atoms with van der Waals surface area (Å²) in [4.78, 5) is 28.8. The fraction of sp³-hybridized carbons (Fsp3) is 0.524. The van der Waals surface area contributed by atoms with Gasteiger partial charge >= 0.3 is 5.97 Å². The summed E-state index contributed by atoms with van der Waals surface area (Å²) in [6, 6.07) is 6.41. The van der Waals surface area contributed by atoms with E-state index in [9.17, 15) is 14.7 Å². The van der Waals surface area contributed by atoms with E-state index in [1.165, 1.54) is 0 Å². The van der Waals surface area contributed by atoms with Crippen molar-refractivity contribution in [2.24, 2.45) is 11.7 Å². The summed E-state index contributed by atoms with van der Waals surface area (Å²) in [7, 11) is 0. The third kappa shape index (κ3) is 4.74. The molecule has 0 saturated heterocycles. The van der Waals surface area contributed by atoms with E-state index >= 15 is 0 Å². The number of benzene rings is 1. The Hall–Kier alpha value is -2.09. The first-order valence-electron chi connectivity index (χ1n) is 9.74. The van der Waals surface area contributed by atoms with Crippen molar-refractivity contribution in [1.29, 1.82) is 0 Å². The van der Waals surface area contributed by atoms with Gasteiger partial charge in [-0.05, 0) is 70.2 Å². The third-order valence-corrected chi connectivity index (χ3v) is 5.52. The Bertz CT molecular complexity index is 920. The predicted molar refractivity (Wildman–Crippen MR) is 112 cm³/mol. The summed E-state index contributed by atoms with van der Waals surface area (Å²) < 4.78 is 5.53. The highest BCUT2D eigenvalue weighted by atomic mass is 35.5. The van der Waals surface area contributed by atoms with E-state index < -0.39 is 23.2 Å². The Morgan fingerprint density at radius 2 is 2.07 bits per heavy atom. The van der Waals surface area contributed by atoms with Crippen LogP contribution in [0.25, 0.3) is 10.9 Å². The van der Waals surface area contributed by atoms with E-state index in [0.717, 1.165) is 10.9 Å². The molecule has 0 bridgehead atoms. The fourth-order valence-electron chi connectivity index (χ4n) is 3.80. The highest BCUT2D eigenvalue weighted by molar-refractivity contribution is 6.31. The number of hydrogen-bond acceptors (Lipinski definition) is 5. The van der Waals surface area contributed by atoms with Crippen molar-refractivity contribution in [2.45, 2.75) is 57.2 Å². The number of H-pyrrole nitrogens is 1. The first kappa shape index (κ1) is 21.6. The summed E-state index contributed by atoms with van der Waals surface area (Å²) in [5.41, 5.74) is 5.54. The zero-order valence-corrected chi connectivity index (χ0v) is 17.7. The molecular weight excluding hydrogens is 394 g/mol. The predicted octanol–water partition coefficient (Wildman–Crippen LogP) is 2.75. The number of hydrogen-bond donors (Lipinski definition) is 4. The number of halogens is 1. The Morgan fingerprint density at radius 3 is 2.72 bits per heavy atom. The van der Waals surface area contributed by atoms with E-state index in [0.29, 0.717) is 23.6 Å². The van der Waals surface area contributed by atoms with Crippen molar-refractivity contribution < 1.29 is 19.4 Å². The van der Waals surface area contributed by atoms with Gasteiger partial charge < -0.3 is 25.9 Å². The van der Waals surface area contributed by atoms with Gasteiger partial charge in [0.15, 0.2) is 0 Å². The van der Waals surface area contributed by atoms with Crippen molar-refractivity contribution in [2.75, 3.05) is 6.61 Å². The molecule has 7 nitrogen and oxygen atoms in total. The maximum atomic E-state index is 12.9. The second-order valence-corrected chi connectivity index (χ2v) is 9.25. The van der Waals surface area contributed by atoms with E-state index in [1.807, 2.05) is 0 Å². The van der Waals surface area contributed by atoms with E-state index in [1.54, 1.807) is 45.0 Å². The number of esters is 1. The van der Waals surface area contributed by atoms with Crippen molar-refractivity contribution in [3.63, 3.8) is 0 Å². The van der Waals surface area contributed by atoms with Crippen molar-refractivity contribution in [1.82, 2.24) is 10.3 Å². The van der Waals surface area contributed by atoms with Crippen LogP contribution in [0.15, 0.2) is 24.3 Å². The average molecular weight is 422 g/mol. The first-order valence-corrected chi connectivity index (χ1v) is 10.1. The van der Waals surface area contributed by atoms with Gasteiger partial charge in [0.05, 0.1) is 6.04 Å². The molecule has 1 amide bonds. The number of fused-ring (bicyclic) bond motifs is 1. The molecule has 3 rings (SSSR count). The van der Waals surface area contributed by atoms with Gasteiger partial charge in [0.2, 0.25) is 0 Å².